The van der Waals surface area contributed by atoms with Crippen LogP contribution >= 0.6 is 0 Å². The SMILES string of the molecule is COCCN1C(=O)C(O)=C(C(=O)c2cc3cccc(OC)c3o2)C1c1ccc(C(=O)OC)cc1. The number of Topliss-reactive ketones (excluding diaryl/α,β-unsaturated/α-hetero) is 1. The third kappa shape index (κ3) is 3.90. The van der Waals surface area contributed by atoms with Gasteiger partial charge in [0.15, 0.2) is 22.9 Å². The van der Waals surface area contributed by atoms with Gasteiger partial charge in [0.05, 0.1) is 38.0 Å². The average Bonchev–Trinajstić information content (AvgIpc) is 3.41. The van der Waals surface area contributed by atoms with Gasteiger partial charge in [0.1, 0.15) is 0 Å². The van der Waals surface area contributed by atoms with Gasteiger partial charge >= 0.3 is 5.97 Å². The van der Waals surface area contributed by atoms with Crippen LogP contribution in [0.3, 0.4) is 0 Å². The minimum Gasteiger partial charge on any atom is -0.503 e. The Labute approximate surface area is 195 Å². The van der Waals surface area contributed by atoms with Crippen molar-refractivity contribution in [1.29, 1.82) is 0 Å². The summed E-state index contributed by atoms with van der Waals surface area (Å²) in [5.41, 5.74) is 1.10. The number of hydrogen-bond acceptors (Lipinski definition) is 8. The molecule has 2 aromatic carbocycles. The molecule has 1 atom stereocenters. The number of carbonyl (C=O) groups is 3. The maximum Gasteiger partial charge on any atom is 0.337 e. The Bertz CT molecular complexity index is 1290. The first-order valence-electron chi connectivity index (χ1n) is 10.4. The highest BCUT2D eigenvalue weighted by molar-refractivity contribution is 6.16. The Balaban J connectivity index is 1.79. The number of hydrogen-bond donors (Lipinski definition) is 1. The average molecular weight is 465 g/mol. The quantitative estimate of drug-likeness (QED) is 0.397. The van der Waals surface area contributed by atoms with Crippen LogP contribution in [0.1, 0.15) is 32.5 Å². The lowest BCUT2D eigenvalue weighted by Crippen LogP contribution is -2.34. The maximum absolute atomic E-state index is 13.6. The molecule has 1 aliphatic rings. The summed E-state index contributed by atoms with van der Waals surface area (Å²) in [6.07, 6.45) is 0. The first-order valence-corrected chi connectivity index (χ1v) is 10.4. The normalized spacial score (nSPS) is 15.8. The number of aliphatic hydroxyl groups is 1. The molecule has 0 spiro atoms. The molecule has 3 aromatic rings. The number of esters is 1. The molecule has 176 valence electrons. The van der Waals surface area contributed by atoms with E-state index in [1.165, 1.54) is 38.4 Å². The van der Waals surface area contributed by atoms with Gasteiger partial charge in [0, 0.05) is 19.0 Å². The van der Waals surface area contributed by atoms with Crippen molar-refractivity contribution in [2.45, 2.75) is 6.04 Å². The van der Waals surface area contributed by atoms with Gasteiger partial charge in [-0.3, -0.25) is 9.59 Å². The van der Waals surface area contributed by atoms with Crippen LogP contribution in [0.4, 0.5) is 0 Å². The van der Waals surface area contributed by atoms with Crippen molar-refractivity contribution in [3.05, 3.63) is 76.8 Å². The number of ketones is 1. The molecular weight excluding hydrogens is 442 g/mol. The van der Waals surface area contributed by atoms with E-state index in [0.717, 1.165) is 0 Å². The van der Waals surface area contributed by atoms with E-state index in [0.29, 0.717) is 27.8 Å². The Morgan fingerprint density at radius 3 is 2.47 bits per heavy atom. The van der Waals surface area contributed by atoms with E-state index < -0.39 is 29.5 Å². The summed E-state index contributed by atoms with van der Waals surface area (Å²) in [7, 11) is 4.25. The number of furan rings is 1. The summed E-state index contributed by atoms with van der Waals surface area (Å²) in [6, 6.07) is 12.1. The van der Waals surface area contributed by atoms with E-state index in [1.54, 1.807) is 36.4 Å². The van der Waals surface area contributed by atoms with Crippen molar-refractivity contribution < 1.29 is 38.1 Å². The molecule has 9 heteroatoms. The van der Waals surface area contributed by atoms with Crippen molar-refractivity contribution in [2.75, 3.05) is 34.5 Å². The highest BCUT2D eigenvalue weighted by Crippen LogP contribution is 2.40. The Morgan fingerprint density at radius 2 is 1.82 bits per heavy atom. The van der Waals surface area contributed by atoms with Crippen molar-refractivity contribution in [3.8, 4) is 5.75 Å². The van der Waals surface area contributed by atoms with Crippen molar-refractivity contribution in [3.63, 3.8) is 0 Å². The molecule has 1 unspecified atom stereocenters. The minimum absolute atomic E-state index is 0.0429. The van der Waals surface area contributed by atoms with Crippen LogP contribution in [0.2, 0.25) is 0 Å². The van der Waals surface area contributed by atoms with Crippen molar-refractivity contribution >= 4 is 28.6 Å². The summed E-state index contributed by atoms with van der Waals surface area (Å²) in [5, 5.41) is 11.4. The number of nitrogens with zero attached hydrogens (tertiary/aromatic N) is 1. The molecule has 9 nitrogen and oxygen atoms in total. The van der Waals surface area contributed by atoms with Gasteiger partial charge in [0.2, 0.25) is 5.78 Å². The number of methoxy groups -OCH3 is 3. The monoisotopic (exact) mass is 465 g/mol. The molecule has 1 aliphatic heterocycles. The Hall–Kier alpha value is -4.11. The second-order valence-electron chi connectivity index (χ2n) is 7.59. The van der Waals surface area contributed by atoms with Crippen molar-refractivity contribution in [1.82, 2.24) is 4.90 Å². The molecule has 0 fully saturated rings. The van der Waals surface area contributed by atoms with Gasteiger partial charge in [0.25, 0.3) is 5.91 Å². The van der Waals surface area contributed by atoms with Gasteiger partial charge in [-0.15, -0.1) is 0 Å². The largest absolute Gasteiger partial charge is 0.503 e. The first kappa shape index (κ1) is 23.1. The standard InChI is InChI=1S/C25H23NO8/c1-31-12-11-26-20(14-7-9-15(10-8-14)25(30)33-3)19(22(28)24(26)29)21(27)18-13-16-5-4-6-17(32-2)23(16)34-18/h4-10,13,20,28H,11-12H2,1-3H3. The third-order valence-electron chi connectivity index (χ3n) is 5.68. The van der Waals surface area contributed by atoms with Crippen LogP contribution < -0.4 is 4.74 Å². The molecule has 34 heavy (non-hydrogen) atoms. The number of ether oxygens (including phenoxy) is 3. The topological polar surface area (TPSA) is 116 Å². The number of aliphatic hydroxyl groups excluding tert-OH is 1. The van der Waals surface area contributed by atoms with Crippen LogP contribution in [-0.4, -0.2) is 62.1 Å². The van der Waals surface area contributed by atoms with Gasteiger partial charge in [-0.05, 0) is 29.8 Å². The third-order valence-corrected chi connectivity index (χ3v) is 5.68. The van der Waals surface area contributed by atoms with E-state index in [-0.39, 0.29) is 24.5 Å². The number of benzene rings is 2. The molecule has 4 rings (SSSR count). The summed E-state index contributed by atoms with van der Waals surface area (Å²) in [5.74, 6) is -2.10. The number of rotatable bonds is 8. The molecule has 0 aliphatic carbocycles. The van der Waals surface area contributed by atoms with Crippen LogP contribution in [0.5, 0.6) is 5.75 Å². The van der Waals surface area contributed by atoms with Crippen molar-refractivity contribution in [2.24, 2.45) is 0 Å². The lowest BCUT2D eigenvalue weighted by molar-refractivity contribution is -0.130. The van der Waals surface area contributed by atoms with E-state index in [1.807, 2.05) is 0 Å². The molecule has 0 saturated carbocycles. The second-order valence-corrected chi connectivity index (χ2v) is 7.59. The van der Waals surface area contributed by atoms with Crippen LogP contribution in [0, 0.1) is 0 Å². The van der Waals surface area contributed by atoms with E-state index in [4.69, 9.17) is 18.6 Å². The second kappa shape index (κ2) is 9.40. The predicted octanol–water partition coefficient (Wildman–Crippen LogP) is 3.45. The lowest BCUT2D eigenvalue weighted by Gasteiger charge is -2.26. The zero-order valence-electron chi connectivity index (χ0n) is 18.9. The van der Waals surface area contributed by atoms with Gasteiger partial charge in [-0.2, -0.15) is 0 Å². The van der Waals surface area contributed by atoms with E-state index in [9.17, 15) is 19.5 Å². The van der Waals surface area contributed by atoms with Crippen LogP contribution in [0.15, 0.2) is 64.3 Å². The zero-order valence-corrected chi connectivity index (χ0v) is 18.9. The highest BCUT2D eigenvalue weighted by atomic mass is 16.5. The summed E-state index contributed by atoms with van der Waals surface area (Å²) >= 11 is 0. The number of para-hydroxylation sites is 1. The maximum atomic E-state index is 13.6. The molecule has 1 amide bonds. The first-order chi connectivity index (χ1) is 16.4. The van der Waals surface area contributed by atoms with E-state index in [2.05, 4.69) is 0 Å². The Morgan fingerprint density at radius 1 is 1.09 bits per heavy atom. The minimum atomic E-state index is -0.906. The summed E-state index contributed by atoms with van der Waals surface area (Å²) in [6.45, 7) is 0.326. The van der Waals surface area contributed by atoms with Gasteiger partial charge in [-0.25, -0.2) is 4.79 Å². The van der Waals surface area contributed by atoms with Crippen LogP contribution in [0.25, 0.3) is 11.0 Å². The molecule has 0 radical (unpaired) electrons. The number of fused-ring (bicyclic) bond motifs is 1. The fourth-order valence-electron chi connectivity index (χ4n) is 4.01. The predicted molar refractivity (Wildman–Crippen MR) is 121 cm³/mol. The van der Waals surface area contributed by atoms with Crippen LogP contribution in [-0.2, 0) is 14.3 Å². The molecule has 1 aromatic heterocycles. The molecule has 2 heterocycles. The zero-order chi connectivity index (χ0) is 24.4. The van der Waals surface area contributed by atoms with Gasteiger partial charge < -0.3 is 28.6 Å². The number of carbonyl (C=O) groups excluding carboxylic acids is 3. The Kier molecular flexibility index (Phi) is 6.38. The molecular formula is C25H23NO8. The smallest absolute Gasteiger partial charge is 0.337 e. The highest BCUT2D eigenvalue weighted by Gasteiger charge is 2.44. The number of amides is 1. The van der Waals surface area contributed by atoms with E-state index >= 15 is 0 Å². The summed E-state index contributed by atoms with van der Waals surface area (Å²) < 4.78 is 20.9. The molecule has 0 saturated heterocycles. The molecule has 1 N–H and O–H groups in total. The summed E-state index contributed by atoms with van der Waals surface area (Å²) in [4.78, 5) is 39.7. The fraction of sp³-hybridized carbons (Fsp3) is 0.240. The van der Waals surface area contributed by atoms with Gasteiger partial charge in [-0.1, -0.05) is 24.3 Å². The molecule has 0 bridgehead atoms. The fourth-order valence-corrected chi connectivity index (χ4v) is 4.01. The lowest BCUT2D eigenvalue weighted by atomic mass is 9.94.